The number of hydrogen-bond donors (Lipinski definition) is 2. The molecule has 0 saturated heterocycles. The smallest absolute Gasteiger partial charge is 0.251 e. The third-order valence-electron chi connectivity index (χ3n) is 5.17. The second-order valence-corrected chi connectivity index (χ2v) is 7.72. The highest BCUT2D eigenvalue weighted by molar-refractivity contribution is 5.94. The van der Waals surface area contributed by atoms with Gasteiger partial charge in [0, 0.05) is 43.5 Å². The Balaban J connectivity index is 1.51. The molecule has 0 atom stereocenters. The number of nitrogens with zero attached hydrogens (tertiary/aromatic N) is 3. The zero-order valence-electron chi connectivity index (χ0n) is 17.7. The van der Waals surface area contributed by atoms with E-state index in [-0.39, 0.29) is 11.9 Å². The lowest BCUT2D eigenvalue weighted by atomic mass is 9.91. The van der Waals surface area contributed by atoms with Crippen LogP contribution in [0.15, 0.2) is 30.5 Å². The van der Waals surface area contributed by atoms with E-state index < -0.39 is 0 Å². The van der Waals surface area contributed by atoms with Crippen LogP contribution in [-0.4, -0.2) is 48.7 Å². The molecule has 2 aromatic rings. The summed E-state index contributed by atoms with van der Waals surface area (Å²) in [4.78, 5) is 23.6. The van der Waals surface area contributed by atoms with Crippen molar-refractivity contribution in [1.29, 1.82) is 0 Å². The van der Waals surface area contributed by atoms with E-state index >= 15 is 0 Å². The van der Waals surface area contributed by atoms with Crippen molar-refractivity contribution in [2.75, 3.05) is 30.9 Å². The lowest BCUT2D eigenvalue weighted by Gasteiger charge is -2.30. The van der Waals surface area contributed by atoms with Crippen LogP contribution in [-0.2, 0) is 0 Å². The molecule has 7 heteroatoms. The zero-order valence-corrected chi connectivity index (χ0v) is 17.7. The van der Waals surface area contributed by atoms with Gasteiger partial charge in [-0.25, -0.2) is 4.98 Å². The van der Waals surface area contributed by atoms with Gasteiger partial charge >= 0.3 is 0 Å². The Labute approximate surface area is 172 Å². The SMILES string of the molecule is CCOc1cccc(C(=O)NC2CCC(Nc3ncc(C)c(N(C)C)n3)CC2)c1. The number of amides is 1. The molecular formula is C22H31N5O2. The van der Waals surface area contributed by atoms with Crippen LogP contribution in [0.1, 0.15) is 48.5 Å². The number of ether oxygens (including phenoxy) is 1. The molecule has 7 nitrogen and oxygen atoms in total. The summed E-state index contributed by atoms with van der Waals surface area (Å²) in [5.74, 6) is 2.28. The van der Waals surface area contributed by atoms with Crippen molar-refractivity contribution in [3.05, 3.63) is 41.6 Å². The highest BCUT2D eigenvalue weighted by atomic mass is 16.5. The number of anilines is 2. The fourth-order valence-corrected chi connectivity index (χ4v) is 3.68. The van der Waals surface area contributed by atoms with Crippen LogP contribution in [0.2, 0.25) is 0 Å². The van der Waals surface area contributed by atoms with Crippen molar-refractivity contribution in [3.63, 3.8) is 0 Å². The predicted octanol–water partition coefficient (Wildman–Crippen LogP) is 3.40. The first-order chi connectivity index (χ1) is 14.0. The van der Waals surface area contributed by atoms with Crippen molar-refractivity contribution >= 4 is 17.7 Å². The molecule has 1 aliphatic rings. The molecule has 29 heavy (non-hydrogen) atoms. The lowest BCUT2D eigenvalue weighted by Crippen LogP contribution is -2.40. The first kappa shape index (κ1) is 20.9. The van der Waals surface area contributed by atoms with Crippen LogP contribution in [0.25, 0.3) is 0 Å². The van der Waals surface area contributed by atoms with E-state index in [1.54, 1.807) is 6.07 Å². The number of benzene rings is 1. The summed E-state index contributed by atoms with van der Waals surface area (Å²) >= 11 is 0. The van der Waals surface area contributed by atoms with E-state index in [4.69, 9.17) is 4.74 Å². The third kappa shape index (κ3) is 5.59. The standard InChI is InChI=1S/C22H31N5O2/c1-5-29-19-8-6-7-16(13-19)21(28)24-17-9-11-18(12-10-17)25-22-23-14-15(2)20(26-22)27(3)4/h6-8,13-14,17-18H,5,9-12H2,1-4H3,(H,24,28)(H,23,25,26). The van der Waals surface area contributed by atoms with E-state index in [2.05, 4.69) is 20.6 Å². The van der Waals surface area contributed by atoms with E-state index in [0.717, 1.165) is 42.8 Å². The minimum absolute atomic E-state index is 0.0412. The van der Waals surface area contributed by atoms with Gasteiger partial charge in [0.25, 0.3) is 5.91 Å². The van der Waals surface area contributed by atoms with E-state index in [0.29, 0.717) is 24.2 Å². The molecule has 3 rings (SSSR count). The topological polar surface area (TPSA) is 79.4 Å². The largest absolute Gasteiger partial charge is 0.494 e. The van der Waals surface area contributed by atoms with Gasteiger partial charge in [0.15, 0.2) is 0 Å². The molecule has 0 unspecified atom stereocenters. The van der Waals surface area contributed by atoms with E-state index in [1.165, 1.54) is 0 Å². The number of aromatic nitrogens is 2. The fourth-order valence-electron chi connectivity index (χ4n) is 3.68. The Kier molecular flexibility index (Phi) is 6.90. The maximum absolute atomic E-state index is 12.6. The Morgan fingerprint density at radius 2 is 1.93 bits per heavy atom. The molecule has 1 amide bonds. The number of aryl methyl sites for hydroxylation is 1. The molecule has 0 radical (unpaired) electrons. The number of carbonyl (C=O) groups excluding carboxylic acids is 1. The molecule has 1 aliphatic carbocycles. The third-order valence-corrected chi connectivity index (χ3v) is 5.17. The summed E-state index contributed by atoms with van der Waals surface area (Å²) in [5, 5.41) is 6.61. The maximum Gasteiger partial charge on any atom is 0.251 e. The van der Waals surface area contributed by atoms with Crippen LogP contribution in [0.4, 0.5) is 11.8 Å². The van der Waals surface area contributed by atoms with Gasteiger partial charge in [0.05, 0.1) is 6.61 Å². The van der Waals surface area contributed by atoms with Crippen LogP contribution >= 0.6 is 0 Å². The summed E-state index contributed by atoms with van der Waals surface area (Å²) in [6, 6.07) is 7.84. The zero-order chi connectivity index (χ0) is 20.8. The predicted molar refractivity (Wildman–Crippen MR) is 116 cm³/mol. The molecule has 1 saturated carbocycles. The molecule has 2 N–H and O–H groups in total. The molecule has 0 spiro atoms. The van der Waals surface area contributed by atoms with Crippen LogP contribution < -0.4 is 20.3 Å². The molecule has 1 aromatic carbocycles. The highest BCUT2D eigenvalue weighted by Crippen LogP contribution is 2.23. The summed E-state index contributed by atoms with van der Waals surface area (Å²) < 4.78 is 5.48. The van der Waals surface area contributed by atoms with Crippen LogP contribution in [0, 0.1) is 6.92 Å². The minimum atomic E-state index is -0.0412. The van der Waals surface area contributed by atoms with Gasteiger partial charge in [-0.05, 0) is 57.7 Å². The van der Waals surface area contributed by atoms with Crippen molar-refractivity contribution in [1.82, 2.24) is 15.3 Å². The van der Waals surface area contributed by atoms with Crippen molar-refractivity contribution in [2.45, 2.75) is 51.6 Å². The quantitative estimate of drug-likeness (QED) is 0.745. The van der Waals surface area contributed by atoms with Crippen molar-refractivity contribution < 1.29 is 9.53 Å². The second-order valence-electron chi connectivity index (χ2n) is 7.72. The Bertz CT molecular complexity index is 832. The normalized spacial score (nSPS) is 18.8. The Hall–Kier alpha value is -2.83. The molecule has 1 fully saturated rings. The molecular weight excluding hydrogens is 366 g/mol. The summed E-state index contributed by atoms with van der Waals surface area (Å²) in [7, 11) is 3.97. The second kappa shape index (κ2) is 9.58. The maximum atomic E-state index is 12.6. The molecule has 156 valence electrons. The summed E-state index contributed by atoms with van der Waals surface area (Å²) in [6.45, 7) is 4.53. The molecule has 0 bridgehead atoms. The average Bonchev–Trinajstić information content (AvgIpc) is 2.71. The number of rotatable bonds is 7. The average molecular weight is 398 g/mol. The van der Waals surface area contributed by atoms with Gasteiger partial charge in [-0.1, -0.05) is 6.07 Å². The monoisotopic (exact) mass is 397 g/mol. The molecule has 1 aromatic heterocycles. The van der Waals surface area contributed by atoms with Crippen molar-refractivity contribution in [2.24, 2.45) is 0 Å². The number of hydrogen-bond acceptors (Lipinski definition) is 6. The number of nitrogens with one attached hydrogen (secondary N) is 2. The van der Waals surface area contributed by atoms with Gasteiger partial charge in [-0.2, -0.15) is 4.98 Å². The van der Waals surface area contributed by atoms with Gasteiger partial charge < -0.3 is 20.3 Å². The Morgan fingerprint density at radius 1 is 1.21 bits per heavy atom. The van der Waals surface area contributed by atoms with Gasteiger partial charge in [-0.15, -0.1) is 0 Å². The fraction of sp³-hybridized carbons (Fsp3) is 0.500. The van der Waals surface area contributed by atoms with Gasteiger partial charge in [0.1, 0.15) is 11.6 Å². The first-order valence-corrected chi connectivity index (χ1v) is 10.3. The minimum Gasteiger partial charge on any atom is -0.494 e. The van der Waals surface area contributed by atoms with Crippen LogP contribution in [0.5, 0.6) is 5.75 Å². The van der Waals surface area contributed by atoms with E-state index in [9.17, 15) is 4.79 Å². The number of carbonyl (C=O) groups is 1. The summed E-state index contributed by atoms with van der Waals surface area (Å²) in [5.41, 5.74) is 1.70. The first-order valence-electron chi connectivity index (χ1n) is 10.3. The van der Waals surface area contributed by atoms with E-state index in [1.807, 2.05) is 57.2 Å². The van der Waals surface area contributed by atoms with Crippen LogP contribution in [0.3, 0.4) is 0 Å². The Morgan fingerprint density at radius 3 is 2.62 bits per heavy atom. The molecule has 1 heterocycles. The van der Waals surface area contributed by atoms with Gasteiger partial charge in [0.2, 0.25) is 5.95 Å². The lowest BCUT2D eigenvalue weighted by molar-refractivity contribution is 0.0926. The highest BCUT2D eigenvalue weighted by Gasteiger charge is 2.23. The van der Waals surface area contributed by atoms with Gasteiger partial charge in [-0.3, -0.25) is 4.79 Å². The molecule has 0 aliphatic heterocycles. The summed E-state index contributed by atoms with van der Waals surface area (Å²) in [6.07, 6.45) is 5.66. The van der Waals surface area contributed by atoms with Crippen molar-refractivity contribution in [3.8, 4) is 5.75 Å².